The van der Waals surface area contributed by atoms with E-state index in [0.29, 0.717) is 5.41 Å². The van der Waals surface area contributed by atoms with E-state index in [9.17, 15) is 0 Å². The van der Waals surface area contributed by atoms with Gasteiger partial charge in [-0.15, -0.1) is 0 Å². The van der Waals surface area contributed by atoms with Crippen molar-refractivity contribution < 1.29 is 0 Å². The summed E-state index contributed by atoms with van der Waals surface area (Å²) in [5.74, 6) is 2.68. The number of hydrogen-bond donors (Lipinski definition) is 0. The standard InChI is InChI=1S/C22H47NS/c1-6-10-12-14-16-18-22(5,17-15-13-11-7-2)21-24-20-19-23(8-3)9-4/h6-21H2,1-5H3. The molecule has 0 spiro atoms. The van der Waals surface area contributed by atoms with Gasteiger partial charge >= 0.3 is 0 Å². The molecule has 0 saturated heterocycles. The summed E-state index contributed by atoms with van der Waals surface area (Å²) in [6.45, 7) is 15.4. The number of hydrogen-bond acceptors (Lipinski definition) is 2. The third kappa shape index (κ3) is 13.6. The molecular weight excluding hydrogens is 310 g/mol. The molecule has 146 valence electrons. The second kappa shape index (κ2) is 16.8. The maximum Gasteiger partial charge on any atom is 0.00721 e. The lowest BCUT2D eigenvalue weighted by molar-refractivity contribution is 0.289. The fourth-order valence-electron chi connectivity index (χ4n) is 3.46. The predicted octanol–water partition coefficient (Wildman–Crippen LogP) is 7.40. The summed E-state index contributed by atoms with van der Waals surface area (Å²) in [6.07, 6.45) is 15.7. The predicted molar refractivity (Wildman–Crippen MR) is 115 cm³/mol. The van der Waals surface area contributed by atoms with E-state index in [1.54, 1.807) is 0 Å². The minimum atomic E-state index is 0.577. The number of unbranched alkanes of at least 4 members (excludes halogenated alkanes) is 7. The summed E-state index contributed by atoms with van der Waals surface area (Å²) in [6, 6.07) is 0. The van der Waals surface area contributed by atoms with Crippen LogP contribution < -0.4 is 0 Å². The van der Waals surface area contributed by atoms with Crippen LogP contribution in [0.3, 0.4) is 0 Å². The van der Waals surface area contributed by atoms with Crippen LogP contribution in [0.15, 0.2) is 0 Å². The van der Waals surface area contributed by atoms with Crippen molar-refractivity contribution in [3.8, 4) is 0 Å². The molecule has 1 atom stereocenters. The summed E-state index contributed by atoms with van der Waals surface area (Å²) < 4.78 is 0. The van der Waals surface area contributed by atoms with Crippen LogP contribution in [0.4, 0.5) is 0 Å². The van der Waals surface area contributed by atoms with Crippen molar-refractivity contribution in [2.24, 2.45) is 5.41 Å². The smallest absolute Gasteiger partial charge is 0.00721 e. The Morgan fingerprint density at radius 1 is 0.708 bits per heavy atom. The highest BCUT2D eigenvalue weighted by molar-refractivity contribution is 7.99. The van der Waals surface area contributed by atoms with Gasteiger partial charge in [0.1, 0.15) is 0 Å². The zero-order valence-corrected chi connectivity index (χ0v) is 18.5. The zero-order valence-electron chi connectivity index (χ0n) is 17.7. The first-order valence-corrected chi connectivity index (χ1v) is 12.1. The second-order valence-electron chi connectivity index (χ2n) is 7.87. The lowest BCUT2D eigenvalue weighted by Crippen LogP contribution is -2.26. The monoisotopic (exact) mass is 357 g/mol. The summed E-state index contributed by atoms with van der Waals surface area (Å²) in [7, 11) is 0. The van der Waals surface area contributed by atoms with Crippen LogP contribution in [0.5, 0.6) is 0 Å². The van der Waals surface area contributed by atoms with Crippen LogP contribution in [0.1, 0.15) is 105 Å². The van der Waals surface area contributed by atoms with Crippen molar-refractivity contribution in [2.75, 3.05) is 31.1 Å². The van der Waals surface area contributed by atoms with E-state index in [1.165, 1.54) is 102 Å². The van der Waals surface area contributed by atoms with Gasteiger partial charge in [0.25, 0.3) is 0 Å². The van der Waals surface area contributed by atoms with Gasteiger partial charge in [-0.25, -0.2) is 0 Å². The maximum atomic E-state index is 2.57. The molecule has 0 aromatic heterocycles. The third-order valence-corrected chi connectivity index (χ3v) is 6.79. The van der Waals surface area contributed by atoms with Crippen molar-refractivity contribution in [2.45, 2.75) is 105 Å². The van der Waals surface area contributed by atoms with Crippen LogP contribution in [0, 0.1) is 5.41 Å². The van der Waals surface area contributed by atoms with Gasteiger partial charge in [-0.2, -0.15) is 11.8 Å². The molecule has 0 aromatic rings. The molecule has 0 aliphatic carbocycles. The van der Waals surface area contributed by atoms with Gasteiger partial charge in [0, 0.05) is 12.3 Å². The molecule has 0 amide bonds. The molecule has 24 heavy (non-hydrogen) atoms. The topological polar surface area (TPSA) is 3.24 Å². The number of nitrogens with zero attached hydrogens (tertiary/aromatic N) is 1. The van der Waals surface area contributed by atoms with E-state index >= 15 is 0 Å². The van der Waals surface area contributed by atoms with E-state index in [2.05, 4.69) is 51.3 Å². The molecule has 0 aliphatic rings. The Morgan fingerprint density at radius 2 is 1.21 bits per heavy atom. The minimum absolute atomic E-state index is 0.577. The van der Waals surface area contributed by atoms with Gasteiger partial charge in [-0.3, -0.25) is 0 Å². The van der Waals surface area contributed by atoms with Crippen molar-refractivity contribution in [3.63, 3.8) is 0 Å². The van der Waals surface area contributed by atoms with Crippen LogP contribution in [0.25, 0.3) is 0 Å². The highest BCUT2D eigenvalue weighted by atomic mass is 32.2. The minimum Gasteiger partial charge on any atom is -0.303 e. The molecular formula is C22H47NS. The number of thioether (sulfide) groups is 1. The summed E-state index contributed by atoms with van der Waals surface area (Å²) in [4.78, 5) is 2.55. The molecule has 0 aliphatic heterocycles. The molecule has 0 radical (unpaired) electrons. The summed E-state index contributed by atoms with van der Waals surface area (Å²) in [5.41, 5.74) is 0.577. The Hall–Kier alpha value is 0.310. The van der Waals surface area contributed by atoms with Gasteiger partial charge in [0.2, 0.25) is 0 Å². The largest absolute Gasteiger partial charge is 0.303 e. The van der Waals surface area contributed by atoms with Crippen molar-refractivity contribution in [3.05, 3.63) is 0 Å². The Balaban J connectivity index is 4.13. The van der Waals surface area contributed by atoms with Crippen LogP contribution in [-0.4, -0.2) is 36.0 Å². The lowest BCUT2D eigenvalue weighted by atomic mass is 9.81. The fraction of sp³-hybridized carbons (Fsp3) is 1.00. The van der Waals surface area contributed by atoms with Crippen molar-refractivity contribution in [1.82, 2.24) is 4.90 Å². The Labute approximate surface area is 158 Å². The lowest BCUT2D eigenvalue weighted by Gasteiger charge is -2.30. The second-order valence-corrected chi connectivity index (χ2v) is 8.97. The van der Waals surface area contributed by atoms with E-state index < -0.39 is 0 Å². The molecule has 0 rings (SSSR count). The van der Waals surface area contributed by atoms with Crippen LogP contribution >= 0.6 is 11.8 Å². The normalized spacial score (nSPS) is 14.2. The van der Waals surface area contributed by atoms with Crippen molar-refractivity contribution in [1.29, 1.82) is 0 Å². The highest BCUT2D eigenvalue weighted by Gasteiger charge is 2.23. The van der Waals surface area contributed by atoms with Gasteiger partial charge in [0.05, 0.1) is 0 Å². The molecule has 1 nitrogen and oxygen atoms in total. The van der Waals surface area contributed by atoms with E-state index in [-0.39, 0.29) is 0 Å². The summed E-state index contributed by atoms with van der Waals surface area (Å²) in [5, 5.41) is 0. The van der Waals surface area contributed by atoms with Crippen LogP contribution in [-0.2, 0) is 0 Å². The van der Waals surface area contributed by atoms with Gasteiger partial charge < -0.3 is 4.90 Å². The SMILES string of the molecule is CCCCCCCC(C)(CCCCCC)CSCCN(CC)CC. The van der Waals surface area contributed by atoms with Crippen LogP contribution in [0.2, 0.25) is 0 Å². The van der Waals surface area contributed by atoms with Gasteiger partial charge in [-0.05, 0) is 37.1 Å². The Kier molecular flexibility index (Phi) is 17.0. The first-order valence-electron chi connectivity index (χ1n) is 10.9. The molecule has 1 unspecified atom stereocenters. The van der Waals surface area contributed by atoms with Gasteiger partial charge in [0.15, 0.2) is 0 Å². The first kappa shape index (κ1) is 24.3. The third-order valence-electron chi connectivity index (χ3n) is 5.41. The molecule has 0 N–H and O–H groups in total. The van der Waals surface area contributed by atoms with E-state index in [0.717, 1.165) is 0 Å². The molecule has 0 aromatic carbocycles. The Morgan fingerprint density at radius 3 is 1.71 bits per heavy atom. The molecule has 0 heterocycles. The van der Waals surface area contributed by atoms with Gasteiger partial charge in [-0.1, -0.05) is 92.4 Å². The Bertz CT molecular complexity index is 252. The molecule has 2 heteroatoms. The average Bonchev–Trinajstić information content (AvgIpc) is 2.59. The maximum absolute atomic E-state index is 2.57. The average molecular weight is 358 g/mol. The molecule has 0 saturated carbocycles. The summed E-state index contributed by atoms with van der Waals surface area (Å²) >= 11 is 2.21. The zero-order chi connectivity index (χ0) is 18.1. The fourth-order valence-corrected chi connectivity index (χ4v) is 4.77. The highest BCUT2D eigenvalue weighted by Crippen LogP contribution is 2.35. The molecule has 0 bridgehead atoms. The quantitative estimate of drug-likeness (QED) is 0.235. The first-order chi connectivity index (χ1) is 11.6. The van der Waals surface area contributed by atoms with Crippen molar-refractivity contribution >= 4 is 11.8 Å². The van der Waals surface area contributed by atoms with E-state index in [4.69, 9.17) is 0 Å². The van der Waals surface area contributed by atoms with E-state index in [1.807, 2.05) is 0 Å². The number of rotatable bonds is 18. The molecule has 0 fully saturated rings.